The smallest absolute Gasteiger partial charge is 0.346 e. The van der Waals surface area contributed by atoms with Crippen LogP contribution in [0.15, 0.2) is 29.2 Å². The molecule has 2 bridgehead atoms. The van der Waals surface area contributed by atoms with Crippen LogP contribution in [0.5, 0.6) is 0 Å². The molecule has 0 saturated carbocycles. The van der Waals surface area contributed by atoms with Crippen LogP contribution in [0, 0.1) is 11.8 Å². The summed E-state index contributed by atoms with van der Waals surface area (Å²) in [5.74, 6) is 1.29. The number of aryl methyl sites for hydroxylation is 1. The van der Waals surface area contributed by atoms with E-state index in [1.807, 2.05) is 30.0 Å². The first-order valence-electron chi connectivity index (χ1n) is 13.1. The number of fused-ring (bicyclic) bond motifs is 5. The van der Waals surface area contributed by atoms with Gasteiger partial charge in [0.25, 0.3) is 5.56 Å². The number of hydrogen-bond acceptors (Lipinski definition) is 9. The summed E-state index contributed by atoms with van der Waals surface area (Å²) in [6.45, 7) is 6.75. The van der Waals surface area contributed by atoms with Crippen molar-refractivity contribution in [2.75, 3.05) is 48.3 Å². The van der Waals surface area contributed by atoms with E-state index in [0.29, 0.717) is 50.9 Å². The maximum absolute atomic E-state index is 13.0. The highest BCUT2D eigenvalue weighted by Gasteiger charge is 2.36. The molecule has 2 fully saturated rings. The van der Waals surface area contributed by atoms with Crippen molar-refractivity contribution in [3.8, 4) is 0 Å². The lowest BCUT2D eigenvalue weighted by Gasteiger charge is -2.45. The fourth-order valence-electron chi connectivity index (χ4n) is 5.96. The van der Waals surface area contributed by atoms with Crippen LogP contribution in [0.2, 0.25) is 5.02 Å². The Kier molecular flexibility index (Phi) is 6.33. The van der Waals surface area contributed by atoms with E-state index in [2.05, 4.69) is 20.5 Å². The summed E-state index contributed by atoms with van der Waals surface area (Å²) in [5.41, 5.74) is 1.40. The number of piperidine rings is 2. The predicted molar refractivity (Wildman–Crippen MR) is 149 cm³/mol. The molecule has 12 heteroatoms. The number of esters is 1. The minimum absolute atomic E-state index is 0.00663. The molecule has 1 aromatic carbocycles. The molecule has 3 aliphatic rings. The number of amides is 1. The highest BCUT2D eigenvalue weighted by Crippen LogP contribution is 2.34. The van der Waals surface area contributed by atoms with Gasteiger partial charge in [-0.15, -0.1) is 0 Å². The molecule has 2 N–H and O–H groups in total. The lowest BCUT2D eigenvalue weighted by Crippen LogP contribution is -2.54. The van der Waals surface area contributed by atoms with Gasteiger partial charge in [0.15, 0.2) is 5.82 Å². The number of nitrogens with zero attached hydrogens (tertiary/aromatic N) is 5. The van der Waals surface area contributed by atoms with Gasteiger partial charge in [-0.25, -0.2) is 9.78 Å². The molecule has 39 heavy (non-hydrogen) atoms. The van der Waals surface area contributed by atoms with Crippen molar-refractivity contribution in [2.45, 2.75) is 26.3 Å². The van der Waals surface area contributed by atoms with Crippen LogP contribution < -0.4 is 21.1 Å². The van der Waals surface area contributed by atoms with Gasteiger partial charge in [0.05, 0.1) is 23.4 Å². The molecule has 2 saturated heterocycles. The average Bonchev–Trinajstić information content (AvgIpc) is 3.06. The molecule has 3 atom stereocenters. The Hall–Kier alpha value is -3.86. The maximum Gasteiger partial charge on any atom is 0.346 e. The number of aromatic nitrogens is 3. The zero-order chi connectivity index (χ0) is 27.4. The highest BCUT2D eigenvalue weighted by molar-refractivity contribution is 6.33. The van der Waals surface area contributed by atoms with Crippen molar-refractivity contribution >= 4 is 57.5 Å². The molecule has 11 nitrogen and oxygen atoms in total. The van der Waals surface area contributed by atoms with E-state index in [-0.39, 0.29) is 24.1 Å². The summed E-state index contributed by atoms with van der Waals surface area (Å²) in [6, 6.07) is 5.37. The minimum atomic E-state index is -0.635. The van der Waals surface area contributed by atoms with Crippen molar-refractivity contribution in [1.82, 2.24) is 19.4 Å². The third-order valence-corrected chi connectivity index (χ3v) is 8.03. The van der Waals surface area contributed by atoms with Gasteiger partial charge in [-0.1, -0.05) is 11.6 Å². The average molecular weight is 552 g/mol. The van der Waals surface area contributed by atoms with Crippen LogP contribution in [0.3, 0.4) is 0 Å². The third kappa shape index (κ3) is 4.64. The number of halogens is 1. The van der Waals surface area contributed by atoms with E-state index in [9.17, 15) is 14.4 Å². The largest absolute Gasteiger partial charge is 0.460 e. The fourth-order valence-corrected chi connectivity index (χ4v) is 6.10. The summed E-state index contributed by atoms with van der Waals surface area (Å²) >= 11 is 6.51. The quantitative estimate of drug-likeness (QED) is 0.473. The molecule has 0 spiro atoms. The Morgan fingerprint density at radius 1 is 1.18 bits per heavy atom. The Bertz CT molecular complexity index is 1540. The second-order valence-electron chi connectivity index (χ2n) is 10.8. The molecule has 2 unspecified atom stereocenters. The van der Waals surface area contributed by atoms with Crippen LogP contribution in [-0.4, -0.2) is 70.1 Å². The molecular weight excluding hydrogens is 522 g/mol. The lowest BCUT2D eigenvalue weighted by atomic mass is 9.85. The van der Waals surface area contributed by atoms with E-state index in [0.717, 1.165) is 32.6 Å². The number of anilines is 4. The Balaban J connectivity index is 1.32. The van der Waals surface area contributed by atoms with E-state index >= 15 is 0 Å². The van der Waals surface area contributed by atoms with Gasteiger partial charge in [-0.2, -0.15) is 4.98 Å². The number of carbonyl (C=O) groups is 2. The lowest BCUT2D eigenvalue weighted by molar-refractivity contribution is -0.132. The molecule has 1 amide bonds. The summed E-state index contributed by atoms with van der Waals surface area (Å²) in [7, 11) is 1.64. The van der Waals surface area contributed by atoms with Gasteiger partial charge < -0.3 is 29.7 Å². The molecule has 0 aliphatic carbocycles. The molecule has 6 rings (SSSR count). The van der Waals surface area contributed by atoms with Gasteiger partial charge in [0, 0.05) is 51.2 Å². The maximum atomic E-state index is 13.0. The second kappa shape index (κ2) is 9.71. The minimum Gasteiger partial charge on any atom is -0.460 e. The van der Waals surface area contributed by atoms with Crippen LogP contribution in [0.25, 0.3) is 10.9 Å². The first-order valence-corrected chi connectivity index (χ1v) is 13.5. The highest BCUT2D eigenvalue weighted by atomic mass is 35.5. The van der Waals surface area contributed by atoms with Crippen molar-refractivity contribution < 1.29 is 14.3 Å². The monoisotopic (exact) mass is 551 g/mol. The molecule has 0 radical (unpaired) electrons. The number of pyridine rings is 1. The molecular formula is C27H30ClN7O4. The van der Waals surface area contributed by atoms with Crippen LogP contribution >= 0.6 is 11.6 Å². The van der Waals surface area contributed by atoms with Gasteiger partial charge in [-0.05, 0) is 43.4 Å². The zero-order valence-corrected chi connectivity index (χ0v) is 22.8. The number of nitrogens with one attached hydrogen (secondary N) is 2. The summed E-state index contributed by atoms with van der Waals surface area (Å²) in [6.07, 6.45) is 2.69. The number of cyclic esters (lactones) is 1. The molecule has 3 aliphatic heterocycles. The summed E-state index contributed by atoms with van der Waals surface area (Å²) in [5, 5.41) is 7.65. The number of hydrogen-bond donors (Lipinski definition) is 2. The first kappa shape index (κ1) is 25.4. The van der Waals surface area contributed by atoms with Crippen molar-refractivity contribution in [1.29, 1.82) is 0 Å². The third-order valence-electron chi connectivity index (χ3n) is 7.76. The standard InChI is InChI=1S/C27H30ClN7O4/c1-14-13-39-26(38)22-23(30-14)19-7-18(4-5-21(19)33(3)25(22)37)31-24-20(28)8-29-27(32-24)35-11-16-6-17(12-35)10-34(9-16)15(2)36/h4-5,7-8,14,16-17,30H,6,9-13H2,1-3H3,(H,29,31,32)/t14-,16?,17?/m0/s1. The van der Waals surface area contributed by atoms with E-state index in [4.69, 9.17) is 21.3 Å². The van der Waals surface area contributed by atoms with Crippen molar-refractivity contribution in [2.24, 2.45) is 18.9 Å². The predicted octanol–water partition coefficient (Wildman–Crippen LogP) is 3.00. The van der Waals surface area contributed by atoms with Crippen LogP contribution in [0.4, 0.5) is 23.1 Å². The Labute approximate surface area is 230 Å². The first-order chi connectivity index (χ1) is 18.7. The van der Waals surface area contributed by atoms with Crippen molar-refractivity contribution in [3.05, 3.63) is 45.3 Å². The zero-order valence-electron chi connectivity index (χ0n) is 22.0. The van der Waals surface area contributed by atoms with E-state index in [1.54, 1.807) is 20.2 Å². The van der Waals surface area contributed by atoms with Gasteiger partial charge in [-0.3, -0.25) is 9.59 Å². The molecule has 2 aromatic heterocycles. The normalized spacial score (nSPS) is 22.6. The van der Waals surface area contributed by atoms with Gasteiger partial charge in [0.1, 0.15) is 17.2 Å². The van der Waals surface area contributed by atoms with Crippen molar-refractivity contribution in [3.63, 3.8) is 0 Å². The Morgan fingerprint density at radius 2 is 1.92 bits per heavy atom. The number of carbonyl (C=O) groups excluding carboxylic acids is 2. The molecule has 3 aromatic rings. The van der Waals surface area contributed by atoms with Crippen LogP contribution in [-0.2, 0) is 16.6 Å². The Morgan fingerprint density at radius 3 is 2.64 bits per heavy atom. The number of benzene rings is 1. The summed E-state index contributed by atoms with van der Waals surface area (Å²) in [4.78, 5) is 50.9. The molecule has 5 heterocycles. The van der Waals surface area contributed by atoms with Gasteiger partial charge in [0.2, 0.25) is 11.9 Å². The van der Waals surface area contributed by atoms with E-state index in [1.165, 1.54) is 4.57 Å². The number of likely N-dealkylation sites (tertiary alicyclic amines) is 1. The van der Waals surface area contributed by atoms with Gasteiger partial charge >= 0.3 is 5.97 Å². The molecule has 204 valence electrons. The fraction of sp³-hybridized carbons (Fsp3) is 0.444. The topological polar surface area (TPSA) is 122 Å². The SMILES string of the molecule is CC(=O)N1CC2CC(C1)CN(c1ncc(Cl)c(Nc3ccc4c(c3)c3c(c(=O)n4C)C(=O)OC[C@H](C)N3)n1)C2. The van der Waals surface area contributed by atoms with Crippen LogP contribution in [0.1, 0.15) is 30.6 Å². The van der Waals surface area contributed by atoms with E-state index < -0.39 is 11.5 Å². The second-order valence-corrected chi connectivity index (χ2v) is 11.2. The number of ether oxygens (including phenoxy) is 1. The summed E-state index contributed by atoms with van der Waals surface area (Å²) < 4.78 is 6.75. The number of rotatable bonds is 3.